The van der Waals surface area contributed by atoms with Crippen LogP contribution in [0.5, 0.6) is 5.75 Å². The molecule has 2 N–H and O–H groups in total. The summed E-state index contributed by atoms with van der Waals surface area (Å²) in [6.45, 7) is 7.33. The second-order valence-corrected chi connectivity index (χ2v) is 4.97. The molecule has 0 aliphatic rings. The van der Waals surface area contributed by atoms with E-state index < -0.39 is 0 Å². The molecule has 112 valence electrons. The lowest BCUT2D eigenvalue weighted by molar-refractivity contribution is -0.115. The highest BCUT2D eigenvalue weighted by atomic mass is 16.5. The van der Waals surface area contributed by atoms with Gasteiger partial charge >= 0.3 is 0 Å². The second-order valence-electron chi connectivity index (χ2n) is 4.97. The summed E-state index contributed by atoms with van der Waals surface area (Å²) >= 11 is 0. The molecular formula is C16H26N2O2. The standard InChI is InChI=1S/C16H26N2O2/c1-4-6-10-20-15-9-7-8-14(11-15)18-16(19)12-17-13(3)5-2/h7-9,11,13,17H,4-6,10,12H2,1-3H3,(H,18,19). The summed E-state index contributed by atoms with van der Waals surface area (Å²) in [6, 6.07) is 7.87. The van der Waals surface area contributed by atoms with Crippen molar-refractivity contribution in [3.8, 4) is 5.75 Å². The number of anilines is 1. The Morgan fingerprint density at radius 1 is 1.35 bits per heavy atom. The van der Waals surface area contributed by atoms with Gasteiger partial charge in [0.25, 0.3) is 0 Å². The summed E-state index contributed by atoms with van der Waals surface area (Å²) in [4.78, 5) is 11.8. The van der Waals surface area contributed by atoms with Crippen molar-refractivity contribution in [2.45, 2.75) is 46.1 Å². The van der Waals surface area contributed by atoms with Gasteiger partial charge < -0.3 is 15.4 Å². The Bertz CT molecular complexity index is 407. The lowest BCUT2D eigenvalue weighted by Gasteiger charge is -2.12. The molecule has 4 heteroatoms. The van der Waals surface area contributed by atoms with E-state index in [1.165, 1.54) is 0 Å². The van der Waals surface area contributed by atoms with Gasteiger partial charge in [0.1, 0.15) is 5.75 Å². The average Bonchev–Trinajstić information content (AvgIpc) is 2.45. The molecule has 20 heavy (non-hydrogen) atoms. The molecule has 0 radical (unpaired) electrons. The smallest absolute Gasteiger partial charge is 0.238 e. The lowest BCUT2D eigenvalue weighted by atomic mass is 10.2. The number of rotatable bonds is 9. The number of amides is 1. The van der Waals surface area contributed by atoms with Gasteiger partial charge in [-0.15, -0.1) is 0 Å². The minimum absolute atomic E-state index is 0.0315. The molecule has 1 amide bonds. The van der Waals surface area contributed by atoms with E-state index >= 15 is 0 Å². The van der Waals surface area contributed by atoms with Crippen LogP contribution in [-0.4, -0.2) is 25.1 Å². The molecule has 1 rings (SSSR count). The van der Waals surface area contributed by atoms with Gasteiger partial charge in [0.05, 0.1) is 13.2 Å². The van der Waals surface area contributed by atoms with Crippen molar-refractivity contribution in [2.24, 2.45) is 0 Å². The molecule has 0 aliphatic heterocycles. The Kier molecular flexibility index (Phi) is 7.73. The fourth-order valence-electron chi connectivity index (χ4n) is 1.61. The van der Waals surface area contributed by atoms with E-state index in [0.717, 1.165) is 30.7 Å². The minimum atomic E-state index is -0.0315. The zero-order valence-electron chi connectivity index (χ0n) is 12.7. The molecule has 0 heterocycles. The highest BCUT2D eigenvalue weighted by Gasteiger charge is 2.05. The predicted octanol–water partition coefficient (Wildman–Crippen LogP) is 3.19. The Hall–Kier alpha value is -1.55. The number of benzene rings is 1. The predicted molar refractivity (Wildman–Crippen MR) is 83.2 cm³/mol. The number of ether oxygens (including phenoxy) is 1. The topological polar surface area (TPSA) is 50.4 Å². The van der Waals surface area contributed by atoms with Crippen LogP contribution in [0, 0.1) is 0 Å². The summed E-state index contributed by atoms with van der Waals surface area (Å²) < 4.78 is 5.62. The third-order valence-corrected chi connectivity index (χ3v) is 3.11. The van der Waals surface area contributed by atoms with Gasteiger partial charge in [-0.3, -0.25) is 4.79 Å². The van der Waals surface area contributed by atoms with Gasteiger partial charge in [0, 0.05) is 17.8 Å². The van der Waals surface area contributed by atoms with Crippen LogP contribution in [0.4, 0.5) is 5.69 Å². The molecule has 0 fully saturated rings. The zero-order chi connectivity index (χ0) is 14.8. The van der Waals surface area contributed by atoms with Crippen molar-refractivity contribution in [3.63, 3.8) is 0 Å². The fourth-order valence-corrected chi connectivity index (χ4v) is 1.61. The van der Waals surface area contributed by atoms with Gasteiger partial charge in [-0.1, -0.05) is 26.3 Å². The molecule has 0 bridgehead atoms. The van der Waals surface area contributed by atoms with Crippen LogP contribution in [0.25, 0.3) is 0 Å². The maximum absolute atomic E-state index is 11.8. The largest absolute Gasteiger partial charge is 0.494 e. The van der Waals surface area contributed by atoms with Crippen LogP contribution in [-0.2, 0) is 4.79 Å². The van der Waals surface area contributed by atoms with Crippen LogP contribution in [0.3, 0.4) is 0 Å². The van der Waals surface area contributed by atoms with Crippen molar-refractivity contribution in [1.29, 1.82) is 0 Å². The van der Waals surface area contributed by atoms with Crippen LogP contribution in [0.2, 0.25) is 0 Å². The quantitative estimate of drug-likeness (QED) is 0.682. The first-order chi connectivity index (χ1) is 9.65. The van der Waals surface area contributed by atoms with Crippen molar-refractivity contribution in [1.82, 2.24) is 5.32 Å². The fraction of sp³-hybridized carbons (Fsp3) is 0.562. The van der Waals surface area contributed by atoms with Crippen LogP contribution < -0.4 is 15.4 Å². The molecule has 0 aromatic heterocycles. The van der Waals surface area contributed by atoms with Crippen molar-refractivity contribution in [3.05, 3.63) is 24.3 Å². The molecule has 0 aliphatic carbocycles. The van der Waals surface area contributed by atoms with E-state index in [1.807, 2.05) is 24.3 Å². The number of hydrogen-bond acceptors (Lipinski definition) is 3. The molecule has 0 saturated carbocycles. The molecule has 4 nitrogen and oxygen atoms in total. The zero-order valence-corrected chi connectivity index (χ0v) is 12.7. The van der Waals surface area contributed by atoms with E-state index in [4.69, 9.17) is 4.74 Å². The Balaban J connectivity index is 2.42. The highest BCUT2D eigenvalue weighted by molar-refractivity contribution is 5.92. The molecule has 0 spiro atoms. The van der Waals surface area contributed by atoms with Gasteiger partial charge in [0.15, 0.2) is 0 Å². The lowest BCUT2D eigenvalue weighted by Crippen LogP contribution is -2.33. The number of carbonyl (C=O) groups excluding carboxylic acids is 1. The summed E-state index contributed by atoms with van der Waals surface area (Å²) in [5.74, 6) is 0.766. The van der Waals surface area contributed by atoms with Gasteiger partial charge in [-0.25, -0.2) is 0 Å². The first kappa shape index (κ1) is 16.5. The van der Waals surface area contributed by atoms with Crippen molar-refractivity contribution in [2.75, 3.05) is 18.5 Å². The molecule has 1 aromatic carbocycles. The van der Waals surface area contributed by atoms with Crippen LogP contribution in [0.15, 0.2) is 24.3 Å². The minimum Gasteiger partial charge on any atom is -0.494 e. The maximum Gasteiger partial charge on any atom is 0.238 e. The van der Waals surface area contributed by atoms with Gasteiger partial charge in [0.2, 0.25) is 5.91 Å². The summed E-state index contributed by atoms with van der Waals surface area (Å²) in [5, 5.41) is 6.04. The summed E-state index contributed by atoms with van der Waals surface area (Å²) in [6.07, 6.45) is 3.15. The highest BCUT2D eigenvalue weighted by Crippen LogP contribution is 2.17. The Morgan fingerprint density at radius 3 is 2.85 bits per heavy atom. The van der Waals surface area contributed by atoms with Crippen LogP contribution >= 0.6 is 0 Å². The van der Waals surface area contributed by atoms with Crippen molar-refractivity contribution >= 4 is 11.6 Å². The number of hydrogen-bond donors (Lipinski definition) is 2. The van der Waals surface area contributed by atoms with Gasteiger partial charge in [-0.05, 0) is 31.9 Å². The number of unbranched alkanes of at least 4 members (excludes halogenated alkanes) is 1. The molecule has 0 saturated heterocycles. The van der Waals surface area contributed by atoms with E-state index in [1.54, 1.807) is 0 Å². The summed E-state index contributed by atoms with van der Waals surface area (Å²) in [7, 11) is 0. The third-order valence-electron chi connectivity index (χ3n) is 3.11. The molecule has 1 unspecified atom stereocenters. The maximum atomic E-state index is 11.8. The molecule has 1 aromatic rings. The SMILES string of the molecule is CCCCOc1cccc(NC(=O)CNC(C)CC)c1. The first-order valence-electron chi connectivity index (χ1n) is 7.41. The van der Waals surface area contributed by atoms with Gasteiger partial charge in [-0.2, -0.15) is 0 Å². The summed E-state index contributed by atoms with van der Waals surface area (Å²) in [5.41, 5.74) is 0.773. The molecule has 1 atom stereocenters. The molecular weight excluding hydrogens is 252 g/mol. The van der Waals surface area contributed by atoms with E-state index in [-0.39, 0.29) is 5.91 Å². The van der Waals surface area contributed by atoms with E-state index in [9.17, 15) is 4.79 Å². The van der Waals surface area contributed by atoms with Crippen LogP contribution in [0.1, 0.15) is 40.0 Å². The van der Waals surface area contributed by atoms with Crippen molar-refractivity contribution < 1.29 is 9.53 Å². The monoisotopic (exact) mass is 278 g/mol. The first-order valence-corrected chi connectivity index (χ1v) is 7.41. The number of nitrogens with one attached hydrogen (secondary N) is 2. The second kappa shape index (κ2) is 9.37. The third kappa shape index (κ3) is 6.57. The Labute approximate surface area is 121 Å². The van der Waals surface area contributed by atoms with E-state index in [0.29, 0.717) is 19.2 Å². The normalized spacial score (nSPS) is 11.9. The Morgan fingerprint density at radius 2 is 2.15 bits per heavy atom. The number of carbonyl (C=O) groups is 1. The average molecular weight is 278 g/mol. The van der Waals surface area contributed by atoms with E-state index in [2.05, 4.69) is 31.4 Å².